The Morgan fingerprint density at radius 2 is 2.05 bits per heavy atom. The van der Waals surface area contributed by atoms with Crippen LogP contribution in [-0.2, 0) is 0 Å². The Morgan fingerprint density at radius 3 is 2.81 bits per heavy atom. The number of pyridine rings is 1. The van der Waals surface area contributed by atoms with Crippen molar-refractivity contribution >= 4 is 5.82 Å². The molecule has 0 unspecified atom stereocenters. The van der Waals surface area contributed by atoms with E-state index in [1.54, 1.807) is 18.3 Å². The molecule has 1 aromatic carbocycles. The fourth-order valence-electron chi connectivity index (χ4n) is 1.91. The lowest BCUT2D eigenvalue weighted by molar-refractivity contribution is 0.341. The molecule has 0 aliphatic carbocycles. The van der Waals surface area contributed by atoms with Crippen molar-refractivity contribution in [2.24, 2.45) is 0 Å². The van der Waals surface area contributed by atoms with Crippen LogP contribution < -0.4 is 10.5 Å². The topological polar surface area (TPSA) is 87.1 Å². The van der Waals surface area contributed by atoms with Crippen LogP contribution in [0.3, 0.4) is 0 Å². The van der Waals surface area contributed by atoms with Gasteiger partial charge in [-0.25, -0.2) is 4.98 Å². The highest BCUT2D eigenvalue weighted by Crippen LogP contribution is 2.29. The molecule has 6 nitrogen and oxygen atoms in total. The van der Waals surface area contributed by atoms with Crippen LogP contribution in [0.1, 0.15) is 6.92 Å². The first-order valence-corrected chi connectivity index (χ1v) is 6.55. The minimum Gasteiger partial charge on any atom is -0.493 e. The predicted octanol–water partition coefficient (Wildman–Crippen LogP) is 2.78. The average Bonchev–Trinajstić information content (AvgIpc) is 2.99. The molecule has 0 aliphatic heterocycles. The van der Waals surface area contributed by atoms with Crippen LogP contribution in [0.2, 0.25) is 0 Å². The maximum absolute atomic E-state index is 5.57. The molecular formula is C15H14N4O2. The van der Waals surface area contributed by atoms with Gasteiger partial charge >= 0.3 is 0 Å². The maximum atomic E-state index is 5.57. The molecule has 2 N–H and O–H groups in total. The largest absolute Gasteiger partial charge is 0.493 e. The van der Waals surface area contributed by atoms with Crippen LogP contribution in [0.25, 0.3) is 22.8 Å². The van der Waals surface area contributed by atoms with Crippen molar-refractivity contribution < 1.29 is 9.26 Å². The number of aromatic nitrogens is 3. The first-order chi connectivity index (χ1) is 10.3. The number of rotatable bonds is 4. The van der Waals surface area contributed by atoms with Gasteiger partial charge in [0.2, 0.25) is 5.82 Å². The summed E-state index contributed by atoms with van der Waals surface area (Å²) in [7, 11) is 0. The van der Waals surface area contributed by atoms with Gasteiger partial charge in [0.25, 0.3) is 5.89 Å². The highest BCUT2D eigenvalue weighted by Gasteiger charge is 2.14. The number of anilines is 1. The second-order valence-electron chi connectivity index (χ2n) is 4.32. The van der Waals surface area contributed by atoms with Crippen molar-refractivity contribution in [3.05, 3.63) is 42.6 Å². The molecule has 2 heterocycles. The number of ether oxygens (including phenoxy) is 1. The Balaban J connectivity index is 1.97. The Labute approximate surface area is 121 Å². The maximum Gasteiger partial charge on any atom is 0.259 e. The van der Waals surface area contributed by atoms with E-state index in [0.29, 0.717) is 24.1 Å². The third kappa shape index (κ3) is 2.69. The van der Waals surface area contributed by atoms with Crippen LogP contribution >= 0.6 is 0 Å². The molecular weight excluding hydrogens is 268 g/mol. The van der Waals surface area contributed by atoms with Gasteiger partial charge in [0, 0.05) is 6.20 Å². The Bertz CT molecular complexity index is 737. The number of hydrogen-bond donors (Lipinski definition) is 1. The number of nitrogens with zero attached hydrogens (tertiary/aromatic N) is 3. The van der Waals surface area contributed by atoms with Crippen LogP contribution in [0.4, 0.5) is 5.82 Å². The second kappa shape index (κ2) is 5.62. The van der Waals surface area contributed by atoms with Crippen molar-refractivity contribution in [3.8, 4) is 28.6 Å². The molecule has 0 spiro atoms. The van der Waals surface area contributed by atoms with Gasteiger partial charge in [0.1, 0.15) is 11.6 Å². The number of nitrogen functional groups attached to an aromatic ring is 1. The summed E-state index contributed by atoms with van der Waals surface area (Å²) in [6, 6.07) is 11.0. The van der Waals surface area contributed by atoms with Gasteiger partial charge in [-0.2, -0.15) is 4.98 Å². The first-order valence-electron chi connectivity index (χ1n) is 6.55. The molecule has 0 bridgehead atoms. The third-order valence-corrected chi connectivity index (χ3v) is 2.89. The summed E-state index contributed by atoms with van der Waals surface area (Å²) in [5.74, 6) is 2.04. The van der Waals surface area contributed by atoms with E-state index in [0.717, 1.165) is 16.9 Å². The molecule has 2 aromatic heterocycles. The van der Waals surface area contributed by atoms with E-state index in [-0.39, 0.29) is 0 Å². The Kier molecular flexibility index (Phi) is 3.51. The van der Waals surface area contributed by atoms with Gasteiger partial charge in [-0.1, -0.05) is 17.3 Å². The van der Waals surface area contributed by atoms with E-state index in [9.17, 15) is 0 Å². The smallest absolute Gasteiger partial charge is 0.259 e. The van der Waals surface area contributed by atoms with Gasteiger partial charge in [0.05, 0.1) is 17.7 Å². The monoisotopic (exact) mass is 282 g/mol. The van der Waals surface area contributed by atoms with Crippen molar-refractivity contribution in [2.75, 3.05) is 12.3 Å². The van der Waals surface area contributed by atoms with Gasteiger partial charge in [0.15, 0.2) is 0 Å². The summed E-state index contributed by atoms with van der Waals surface area (Å²) >= 11 is 0. The standard InChI is InChI=1S/C15H14N4O2/c1-2-20-12-6-4-3-5-11(12)14-18-15(21-19-14)10-7-8-13(16)17-9-10/h3-9H,2H2,1H3,(H2,16,17). The Hall–Kier alpha value is -2.89. The lowest BCUT2D eigenvalue weighted by Crippen LogP contribution is -1.94. The van der Waals surface area contributed by atoms with Gasteiger partial charge in [-0.3, -0.25) is 0 Å². The fourth-order valence-corrected chi connectivity index (χ4v) is 1.91. The van der Waals surface area contributed by atoms with Gasteiger partial charge < -0.3 is 15.0 Å². The number of nitrogens with two attached hydrogens (primary N) is 1. The molecule has 0 atom stereocenters. The van der Waals surface area contributed by atoms with E-state index in [1.165, 1.54) is 0 Å². The highest BCUT2D eigenvalue weighted by atomic mass is 16.5. The number of hydrogen-bond acceptors (Lipinski definition) is 6. The summed E-state index contributed by atoms with van der Waals surface area (Å²) in [4.78, 5) is 8.39. The number of para-hydroxylation sites is 1. The third-order valence-electron chi connectivity index (χ3n) is 2.89. The molecule has 0 aliphatic rings. The van der Waals surface area contributed by atoms with Crippen molar-refractivity contribution in [1.29, 1.82) is 0 Å². The zero-order chi connectivity index (χ0) is 14.7. The summed E-state index contributed by atoms with van der Waals surface area (Å²) in [5.41, 5.74) is 7.07. The van der Waals surface area contributed by atoms with Crippen molar-refractivity contribution in [3.63, 3.8) is 0 Å². The molecule has 106 valence electrons. The van der Waals surface area contributed by atoms with E-state index in [2.05, 4.69) is 15.1 Å². The van der Waals surface area contributed by atoms with E-state index in [1.807, 2.05) is 31.2 Å². The van der Waals surface area contributed by atoms with Crippen molar-refractivity contribution in [2.45, 2.75) is 6.92 Å². The zero-order valence-electron chi connectivity index (χ0n) is 11.5. The van der Waals surface area contributed by atoms with Crippen LogP contribution in [0, 0.1) is 0 Å². The normalized spacial score (nSPS) is 10.5. The van der Waals surface area contributed by atoms with E-state index in [4.69, 9.17) is 15.0 Å². The lowest BCUT2D eigenvalue weighted by Gasteiger charge is -2.05. The van der Waals surface area contributed by atoms with Crippen LogP contribution in [0.5, 0.6) is 5.75 Å². The molecule has 0 saturated carbocycles. The molecule has 0 saturated heterocycles. The molecule has 0 radical (unpaired) electrons. The fraction of sp³-hybridized carbons (Fsp3) is 0.133. The molecule has 0 amide bonds. The average molecular weight is 282 g/mol. The predicted molar refractivity (Wildman–Crippen MR) is 78.5 cm³/mol. The summed E-state index contributed by atoms with van der Waals surface area (Å²) in [6.45, 7) is 2.50. The summed E-state index contributed by atoms with van der Waals surface area (Å²) in [6.07, 6.45) is 1.60. The summed E-state index contributed by atoms with van der Waals surface area (Å²) < 4.78 is 10.9. The number of benzene rings is 1. The molecule has 3 rings (SSSR count). The van der Waals surface area contributed by atoms with E-state index >= 15 is 0 Å². The highest BCUT2D eigenvalue weighted by molar-refractivity contribution is 5.65. The van der Waals surface area contributed by atoms with Crippen molar-refractivity contribution in [1.82, 2.24) is 15.1 Å². The van der Waals surface area contributed by atoms with Gasteiger partial charge in [-0.15, -0.1) is 0 Å². The lowest BCUT2D eigenvalue weighted by atomic mass is 10.2. The zero-order valence-corrected chi connectivity index (χ0v) is 11.5. The Morgan fingerprint density at radius 1 is 1.19 bits per heavy atom. The second-order valence-corrected chi connectivity index (χ2v) is 4.32. The van der Waals surface area contributed by atoms with Crippen LogP contribution in [0.15, 0.2) is 47.1 Å². The summed E-state index contributed by atoms with van der Waals surface area (Å²) in [5, 5.41) is 4.00. The van der Waals surface area contributed by atoms with E-state index < -0.39 is 0 Å². The quantitative estimate of drug-likeness (QED) is 0.791. The van der Waals surface area contributed by atoms with Gasteiger partial charge in [-0.05, 0) is 31.2 Å². The minimum absolute atomic E-state index is 0.392. The SMILES string of the molecule is CCOc1ccccc1-c1noc(-c2ccc(N)nc2)n1. The minimum atomic E-state index is 0.392. The molecule has 0 fully saturated rings. The van der Waals surface area contributed by atoms with Crippen LogP contribution in [-0.4, -0.2) is 21.7 Å². The molecule has 6 heteroatoms. The first kappa shape index (κ1) is 13.1. The molecule has 3 aromatic rings. The molecule has 21 heavy (non-hydrogen) atoms.